The van der Waals surface area contributed by atoms with Crippen molar-refractivity contribution in [1.29, 1.82) is 0 Å². The molecule has 0 atom stereocenters. The van der Waals surface area contributed by atoms with Crippen LogP contribution >= 0.6 is 28.1 Å². The molecule has 29 heavy (non-hydrogen) atoms. The van der Waals surface area contributed by atoms with Gasteiger partial charge in [0.15, 0.2) is 5.11 Å². The van der Waals surface area contributed by atoms with Gasteiger partial charge in [-0.15, -0.1) is 0 Å². The van der Waals surface area contributed by atoms with Gasteiger partial charge in [0.05, 0.1) is 11.8 Å². The van der Waals surface area contributed by atoms with Crippen molar-refractivity contribution < 1.29 is 9.53 Å². The second kappa shape index (κ2) is 10.5. The summed E-state index contributed by atoms with van der Waals surface area (Å²) in [6.45, 7) is 1.97. The number of esters is 1. The number of carbonyl (C=O) groups excluding carboxylic acids is 1. The van der Waals surface area contributed by atoms with Gasteiger partial charge in [-0.3, -0.25) is 5.43 Å². The average molecular weight is 474 g/mol. The topological polar surface area (TPSA) is 62.7 Å². The molecular weight excluding hydrogens is 450 g/mol. The molecule has 3 rings (SSSR count). The Kier molecular flexibility index (Phi) is 7.77. The van der Waals surface area contributed by atoms with Crippen LogP contribution in [0.3, 0.4) is 0 Å². The summed E-state index contributed by atoms with van der Waals surface area (Å²) in [7, 11) is 0. The number of aryl methyl sites for hydroxylation is 1. The molecule has 0 amide bonds. The fourth-order valence-electron chi connectivity index (χ4n) is 3.19. The van der Waals surface area contributed by atoms with Crippen molar-refractivity contribution in [3.63, 3.8) is 0 Å². The number of hydrogen-bond acceptors (Lipinski definition) is 4. The van der Waals surface area contributed by atoms with E-state index in [1.165, 1.54) is 19.3 Å². The maximum Gasteiger partial charge on any atom is 0.343 e. The number of hydrogen-bond donors (Lipinski definition) is 2. The largest absolute Gasteiger partial charge is 0.422 e. The standard InChI is InChI=1S/C22H24BrN3O2S/c1-15-7-9-16(10-8-15)21(27)28-20-12-11-18(23)13-17(20)14-24-26-22(29)25-19-5-3-2-4-6-19/h7-14,19H,2-6H2,1H3,(H2,25,26,29). The summed E-state index contributed by atoms with van der Waals surface area (Å²) in [5.74, 6) is 0.0138. The van der Waals surface area contributed by atoms with Crippen LogP contribution in [-0.2, 0) is 0 Å². The molecule has 0 aliphatic heterocycles. The highest BCUT2D eigenvalue weighted by molar-refractivity contribution is 9.10. The van der Waals surface area contributed by atoms with E-state index in [1.54, 1.807) is 24.4 Å². The molecule has 0 saturated heterocycles. The number of benzene rings is 2. The van der Waals surface area contributed by atoms with Crippen LogP contribution in [0.15, 0.2) is 52.0 Å². The first-order valence-corrected chi connectivity index (χ1v) is 10.9. The first-order chi connectivity index (χ1) is 14.0. The Morgan fingerprint density at radius 3 is 2.62 bits per heavy atom. The van der Waals surface area contributed by atoms with Gasteiger partial charge in [-0.1, -0.05) is 52.9 Å². The molecular formula is C22H24BrN3O2S. The Hall–Kier alpha value is -2.25. The molecule has 0 spiro atoms. The predicted molar refractivity (Wildman–Crippen MR) is 124 cm³/mol. The van der Waals surface area contributed by atoms with Gasteiger partial charge < -0.3 is 10.1 Å². The zero-order chi connectivity index (χ0) is 20.6. The maximum atomic E-state index is 12.4. The molecule has 2 aromatic carbocycles. The van der Waals surface area contributed by atoms with Gasteiger partial charge in [0.25, 0.3) is 0 Å². The summed E-state index contributed by atoms with van der Waals surface area (Å²) in [6.07, 6.45) is 7.63. The molecule has 2 aromatic rings. The SMILES string of the molecule is Cc1ccc(C(=O)Oc2ccc(Br)cc2C=NNC(=S)NC2CCCCC2)cc1. The van der Waals surface area contributed by atoms with E-state index in [9.17, 15) is 4.79 Å². The van der Waals surface area contributed by atoms with Crippen molar-refractivity contribution in [2.75, 3.05) is 0 Å². The first kappa shape index (κ1) is 21.5. The lowest BCUT2D eigenvalue weighted by Crippen LogP contribution is -2.40. The van der Waals surface area contributed by atoms with E-state index in [2.05, 4.69) is 31.8 Å². The van der Waals surface area contributed by atoms with Crippen molar-refractivity contribution >= 4 is 45.4 Å². The van der Waals surface area contributed by atoms with Gasteiger partial charge in [0, 0.05) is 16.1 Å². The molecule has 1 fully saturated rings. The molecule has 0 unspecified atom stereocenters. The molecule has 1 aliphatic carbocycles. The monoisotopic (exact) mass is 473 g/mol. The normalized spacial score (nSPS) is 14.6. The van der Waals surface area contributed by atoms with Crippen LogP contribution in [0.4, 0.5) is 0 Å². The minimum absolute atomic E-state index is 0.413. The number of halogens is 1. The first-order valence-electron chi connectivity index (χ1n) is 9.69. The van der Waals surface area contributed by atoms with Crippen LogP contribution < -0.4 is 15.5 Å². The molecule has 5 nitrogen and oxygen atoms in total. The number of nitrogens with one attached hydrogen (secondary N) is 2. The van der Waals surface area contributed by atoms with E-state index in [0.29, 0.717) is 28.0 Å². The summed E-state index contributed by atoms with van der Waals surface area (Å²) >= 11 is 8.76. The highest BCUT2D eigenvalue weighted by atomic mass is 79.9. The van der Waals surface area contributed by atoms with E-state index in [4.69, 9.17) is 17.0 Å². The van der Waals surface area contributed by atoms with E-state index >= 15 is 0 Å². The van der Waals surface area contributed by atoms with Crippen molar-refractivity contribution in [2.24, 2.45) is 5.10 Å². The third-order valence-corrected chi connectivity index (χ3v) is 5.47. The Bertz CT molecular complexity index is 893. The van der Waals surface area contributed by atoms with Gasteiger partial charge in [0.1, 0.15) is 5.75 Å². The average Bonchev–Trinajstić information content (AvgIpc) is 2.71. The Balaban J connectivity index is 1.63. The molecule has 0 aromatic heterocycles. The number of rotatable bonds is 5. The lowest BCUT2D eigenvalue weighted by molar-refractivity contribution is 0.0734. The van der Waals surface area contributed by atoms with Crippen molar-refractivity contribution in [3.05, 3.63) is 63.6 Å². The molecule has 1 aliphatic rings. The fraction of sp³-hybridized carbons (Fsp3) is 0.318. The highest BCUT2D eigenvalue weighted by Gasteiger charge is 2.14. The lowest BCUT2D eigenvalue weighted by atomic mass is 9.96. The van der Waals surface area contributed by atoms with Crippen LogP contribution in [0.2, 0.25) is 0 Å². The summed E-state index contributed by atoms with van der Waals surface area (Å²) in [4.78, 5) is 12.4. The van der Waals surface area contributed by atoms with Crippen molar-refractivity contribution in [2.45, 2.75) is 45.1 Å². The third kappa shape index (κ3) is 6.65. The number of nitrogens with zero attached hydrogens (tertiary/aromatic N) is 1. The Morgan fingerprint density at radius 1 is 1.17 bits per heavy atom. The van der Waals surface area contributed by atoms with E-state index < -0.39 is 5.97 Å². The highest BCUT2D eigenvalue weighted by Crippen LogP contribution is 2.23. The fourth-order valence-corrected chi connectivity index (χ4v) is 3.78. The van der Waals surface area contributed by atoms with E-state index in [0.717, 1.165) is 22.9 Å². The van der Waals surface area contributed by atoms with Gasteiger partial charge in [-0.05, 0) is 62.3 Å². The second-order valence-corrected chi connectivity index (χ2v) is 8.44. The summed E-state index contributed by atoms with van der Waals surface area (Å²) in [5, 5.41) is 8.01. The minimum atomic E-state index is -0.413. The van der Waals surface area contributed by atoms with Gasteiger partial charge in [-0.25, -0.2) is 4.79 Å². The van der Waals surface area contributed by atoms with Crippen LogP contribution in [0, 0.1) is 6.92 Å². The summed E-state index contributed by atoms with van der Waals surface area (Å²) in [5.41, 5.74) is 5.09. The van der Waals surface area contributed by atoms with Crippen LogP contribution in [-0.4, -0.2) is 23.3 Å². The zero-order valence-corrected chi connectivity index (χ0v) is 18.7. The quantitative estimate of drug-likeness (QED) is 0.207. The lowest BCUT2D eigenvalue weighted by Gasteiger charge is -2.23. The smallest absolute Gasteiger partial charge is 0.343 e. The molecule has 0 radical (unpaired) electrons. The number of thiocarbonyl (C=S) groups is 1. The van der Waals surface area contributed by atoms with Gasteiger partial charge in [0.2, 0.25) is 0 Å². The van der Waals surface area contributed by atoms with Crippen molar-refractivity contribution in [1.82, 2.24) is 10.7 Å². The number of hydrazone groups is 1. The Morgan fingerprint density at radius 2 is 1.90 bits per heavy atom. The molecule has 2 N–H and O–H groups in total. The molecule has 152 valence electrons. The van der Waals surface area contributed by atoms with Crippen molar-refractivity contribution in [3.8, 4) is 5.75 Å². The van der Waals surface area contributed by atoms with E-state index in [-0.39, 0.29) is 0 Å². The molecule has 1 saturated carbocycles. The second-order valence-electron chi connectivity index (χ2n) is 7.12. The molecule has 0 bridgehead atoms. The van der Waals surface area contributed by atoms with Crippen LogP contribution in [0.25, 0.3) is 0 Å². The molecule has 0 heterocycles. The Labute approximate surface area is 185 Å². The number of carbonyl (C=O) groups is 1. The number of ether oxygens (including phenoxy) is 1. The predicted octanol–water partition coefficient (Wildman–Crippen LogP) is 5.11. The molecule has 7 heteroatoms. The van der Waals surface area contributed by atoms with Gasteiger partial charge in [-0.2, -0.15) is 5.10 Å². The minimum Gasteiger partial charge on any atom is -0.422 e. The zero-order valence-electron chi connectivity index (χ0n) is 16.3. The van der Waals surface area contributed by atoms with Crippen LogP contribution in [0.5, 0.6) is 5.75 Å². The summed E-state index contributed by atoms with van der Waals surface area (Å²) in [6, 6.07) is 13.1. The third-order valence-electron chi connectivity index (χ3n) is 4.77. The van der Waals surface area contributed by atoms with Gasteiger partial charge >= 0.3 is 5.97 Å². The van der Waals surface area contributed by atoms with E-state index in [1.807, 2.05) is 31.2 Å². The maximum absolute atomic E-state index is 12.4. The van der Waals surface area contributed by atoms with Crippen LogP contribution in [0.1, 0.15) is 53.6 Å². The summed E-state index contributed by atoms with van der Waals surface area (Å²) < 4.78 is 6.44.